The van der Waals surface area contributed by atoms with E-state index in [1.54, 1.807) is 24.0 Å². The SMILES string of the molecule is CC(C)N(C(=O)CN1C(=O)N[C@](C)(Cc2ccc3c(c2)OCO3)C1=O)c1ccccc1. The van der Waals surface area contributed by atoms with Gasteiger partial charge in [0.1, 0.15) is 12.1 Å². The number of hydrogen-bond acceptors (Lipinski definition) is 5. The summed E-state index contributed by atoms with van der Waals surface area (Å²) in [5.41, 5.74) is 0.389. The maximum atomic E-state index is 13.2. The Hall–Kier alpha value is -3.55. The summed E-state index contributed by atoms with van der Waals surface area (Å²) in [6.07, 6.45) is 0.269. The van der Waals surface area contributed by atoms with Crippen LogP contribution < -0.4 is 19.7 Å². The summed E-state index contributed by atoms with van der Waals surface area (Å²) >= 11 is 0. The second-order valence-corrected chi connectivity index (χ2v) is 8.21. The van der Waals surface area contributed by atoms with Crippen LogP contribution >= 0.6 is 0 Å². The summed E-state index contributed by atoms with van der Waals surface area (Å²) in [7, 11) is 0. The van der Waals surface area contributed by atoms with E-state index in [1.165, 1.54) is 0 Å². The number of carbonyl (C=O) groups is 3. The molecule has 0 unspecified atom stereocenters. The van der Waals surface area contributed by atoms with Crippen LogP contribution in [0.1, 0.15) is 26.3 Å². The number of para-hydroxylation sites is 1. The first kappa shape index (κ1) is 20.7. The number of nitrogens with zero attached hydrogens (tertiary/aromatic N) is 2. The molecule has 1 saturated heterocycles. The van der Waals surface area contributed by atoms with Crippen molar-refractivity contribution in [2.75, 3.05) is 18.2 Å². The Balaban J connectivity index is 1.50. The third-order valence-electron chi connectivity index (χ3n) is 5.45. The molecule has 0 aromatic heterocycles. The van der Waals surface area contributed by atoms with Crippen molar-refractivity contribution in [3.05, 3.63) is 54.1 Å². The van der Waals surface area contributed by atoms with Crippen LogP contribution in [0.3, 0.4) is 0 Å². The second kappa shape index (κ2) is 7.94. The maximum absolute atomic E-state index is 13.2. The van der Waals surface area contributed by atoms with Crippen LogP contribution in [0, 0.1) is 0 Å². The molecule has 162 valence electrons. The number of fused-ring (bicyclic) bond motifs is 1. The van der Waals surface area contributed by atoms with Gasteiger partial charge in [-0.15, -0.1) is 0 Å². The zero-order valence-corrected chi connectivity index (χ0v) is 17.8. The average molecular weight is 423 g/mol. The molecule has 4 amide bonds. The molecule has 2 aliphatic heterocycles. The lowest BCUT2D eigenvalue weighted by Crippen LogP contribution is -2.48. The zero-order chi connectivity index (χ0) is 22.2. The summed E-state index contributed by atoms with van der Waals surface area (Å²) in [6, 6.07) is 13.9. The van der Waals surface area contributed by atoms with Crippen molar-refractivity contribution in [2.24, 2.45) is 0 Å². The molecule has 1 fully saturated rings. The van der Waals surface area contributed by atoms with Crippen molar-refractivity contribution in [3.8, 4) is 11.5 Å². The summed E-state index contributed by atoms with van der Waals surface area (Å²) in [5, 5.41) is 2.75. The van der Waals surface area contributed by atoms with Crippen LogP contribution in [-0.4, -0.2) is 47.7 Å². The van der Waals surface area contributed by atoms with Crippen LogP contribution in [0.25, 0.3) is 0 Å². The lowest BCUT2D eigenvalue weighted by atomic mass is 9.92. The molecule has 0 aliphatic carbocycles. The van der Waals surface area contributed by atoms with Gasteiger partial charge in [0.25, 0.3) is 5.91 Å². The Morgan fingerprint density at radius 1 is 1.13 bits per heavy atom. The largest absolute Gasteiger partial charge is 0.454 e. The molecule has 2 aromatic rings. The van der Waals surface area contributed by atoms with Crippen LogP contribution in [-0.2, 0) is 16.0 Å². The molecule has 2 aliphatic rings. The van der Waals surface area contributed by atoms with Gasteiger partial charge in [0.05, 0.1) is 0 Å². The van der Waals surface area contributed by atoms with Gasteiger partial charge in [0.15, 0.2) is 11.5 Å². The number of amides is 4. The number of carbonyl (C=O) groups excluding carboxylic acids is 3. The number of ether oxygens (including phenoxy) is 2. The van der Waals surface area contributed by atoms with Crippen LogP contribution in [0.4, 0.5) is 10.5 Å². The average Bonchev–Trinajstić information content (AvgIpc) is 3.26. The van der Waals surface area contributed by atoms with Crippen LogP contribution in [0.5, 0.6) is 11.5 Å². The first-order chi connectivity index (χ1) is 14.8. The summed E-state index contributed by atoms with van der Waals surface area (Å²) in [4.78, 5) is 41.4. The van der Waals surface area contributed by atoms with E-state index in [0.717, 1.165) is 16.2 Å². The molecular formula is C23H25N3O5. The summed E-state index contributed by atoms with van der Waals surface area (Å²) in [6.45, 7) is 5.28. The minimum absolute atomic E-state index is 0.129. The van der Waals surface area contributed by atoms with Gasteiger partial charge in [-0.05, 0) is 50.6 Å². The fraction of sp³-hybridized carbons (Fsp3) is 0.348. The molecule has 0 radical (unpaired) electrons. The van der Waals surface area contributed by atoms with Crippen molar-refractivity contribution in [1.29, 1.82) is 0 Å². The maximum Gasteiger partial charge on any atom is 0.325 e. The van der Waals surface area contributed by atoms with Crippen LogP contribution in [0.15, 0.2) is 48.5 Å². The van der Waals surface area contributed by atoms with Gasteiger partial charge in [-0.25, -0.2) is 4.79 Å². The van der Waals surface area contributed by atoms with E-state index in [-0.39, 0.29) is 31.7 Å². The minimum Gasteiger partial charge on any atom is -0.454 e. The Labute approximate surface area is 180 Å². The van der Waals surface area contributed by atoms with E-state index in [9.17, 15) is 14.4 Å². The quantitative estimate of drug-likeness (QED) is 0.722. The molecule has 0 spiro atoms. The number of hydrogen-bond donors (Lipinski definition) is 1. The molecule has 2 aromatic carbocycles. The molecule has 1 N–H and O–H groups in total. The number of imide groups is 1. The van der Waals surface area contributed by atoms with Crippen molar-refractivity contribution in [1.82, 2.24) is 10.2 Å². The zero-order valence-electron chi connectivity index (χ0n) is 17.8. The Kier molecular flexibility index (Phi) is 5.31. The molecule has 4 rings (SSSR count). The minimum atomic E-state index is -1.15. The van der Waals surface area contributed by atoms with E-state index in [0.29, 0.717) is 11.5 Å². The van der Waals surface area contributed by atoms with Gasteiger partial charge in [0.2, 0.25) is 12.7 Å². The number of nitrogens with one attached hydrogen (secondary N) is 1. The van der Waals surface area contributed by atoms with Crippen molar-refractivity contribution in [2.45, 2.75) is 38.8 Å². The van der Waals surface area contributed by atoms with Gasteiger partial charge < -0.3 is 19.7 Å². The molecule has 8 heteroatoms. The summed E-state index contributed by atoms with van der Waals surface area (Å²) in [5.74, 6) is 0.509. The van der Waals surface area contributed by atoms with Crippen molar-refractivity contribution in [3.63, 3.8) is 0 Å². The fourth-order valence-corrected chi connectivity index (χ4v) is 4.00. The number of urea groups is 1. The number of benzene rings is 2. The topological polar surface area (TPSA) is 88.2 Å². The van der Waals surface area contributed by atoms with E-state index in [1.807, 2.05) is 50.2 Å². The molecule has 2 heterocycles. The van der Waals surface area contributed by atoms with E-state index in [2.05, 4.69) is 5.32 Å². The normalized spacial score (nSPS) is 19.7. The highest BCUT2D eigenvalue weighted by atomic mass is 16.7. The van der Waals surface area contributed by atoms with Gasteiger partial charge in [-0.1, -0.05) is 24.3 Å². The monoisotopic (exact) mass is 423 g/mol. The lowest BCUT2D eigenvalue weighted by molar-refractivity contribution is -0.134. The lowest BCUT2D eigenvalue weighted by Gasteiger charge is -2.28. The predicted molar refractivity (Wildman–Crippen MR) is 114 cm³/mol. The third kappa shape index (κ3) is 3.93. The Morgan fingerprint density at radius 3 is 2.55 bits per heavy atom. The first-order valence-corrected chi connectivity index (χ1v) is 10.2. The van der Waals surface area contributed by atoms with Gasteiger partial charge in [0, 0.05) is 18.2 Å². The highest BCUT2D eigenvalue weighted by Gasteiger charge is 2.48. The fourth-order valence-electron chi connectivity index (χ4n) is 4.00. The van der Waals surface area contributed by atoms with Gasteiger partial charge in [-0.3, -0.25) is 14.5 Å². The van der Waals surface area contributed by atoms with Crippen molar-refractivity contribution < 1.29 is 23.9 Å². The number of anilines is 1. The van der Waals surface area contributed by atoms with Crippen molar-refractivity contribution >= 4 is 23.5 Å². The smallest absolute Gasteiger partial charge is 0.325 e. The first-order valence-electron chi connectivity index (χ1n) is 10.2. The van der Waals surface area contributed by atoms with Crippen LogP contribution in [0.2, 0.25) is 0 Å². The summed E-state index contributed by atoms with van der Waals surface area (Å²) < 4.78 is 10.7. The standard InChI is InChI=1S/C23H25N3O5/c1-15(2)26(17-7-5-4-6-8-17)20(27)13-25-21(28)23(3,24-22(25)29)12-16-9-10-18-19(11-16)31-14-30-18/h4-11,15H,12-14H2,1-3H3,(H,24,29)/t23-/m1/s1. The molecule has 1 atom stereocenters. The Morgan fingerprint density at radius 2 is 1.84 bits per heavy atom. The van der Waals surface area contributed by atoms with E-state index >= 15 is 0 Å². The molecule has 0 bridgehead atoms. The highest BCUT2D eigenvalue weighted by Crippen LogP contribution is 2.34. The van der Waals surface area contributed by atoms with Gasteiger partial charge >= 0.3 is 6.03 Å². The van der Waals surface area contributed by atoms with Gasteiger partial charge in [-0.2, -0.15) is 0 Å². The second-order valence-electron chi connectivity index (χ2n) is 8.21. The highest BCUT2D eigenvalue weighted by molar-refractivity contribution is 6.10. The molecular weight excluding hydrogens is 398 g/mol. The Bertz CT molecular complexity index is 1020. The predicted octanol–water partition coefficient (Wildman–Crippen LogP) is 2.71. The van der Waals surface area contributed by atoms with E-state index < -0.39 is 17.5 Å². The van der Waals surface area contributed by atoms with E-state index in [4.69, 9.17) is 9.47 Å². The molecule has 8 nitrogen and oxygen atoms in total. The number of rotatable bonds is 6. The molecule has 0 saturated carbocycles. The third-order valence-corrected chi connectivity index (χ3v) is 5.45. The molecule has 31 heavy (non-hydrogen) atoms.